The Morgan fingerprint density at radius 1 is 1.07 bits per heavy atom. The van der Waals surface area contributed by atoms with Gasteiger partial charge in [0.2, 0.25) is 8.13 Å². The average molecular weight is 343 g/mol. The van der Waals surface area contributed by atoms with E-state index in [2.05, 4.69) is 0 Å². The van der Waals surface area contributed by atoms with Crippen LogP contribution in [0.3, 0.4) is 0 Å². The Morgan fingerprint density at radius 2 is 1.43 bits per heavy atom. The highest BCUT2D eigenvalue weighted by Crippen LogP contribution is 2.54. The Morgan fingerprint density at radius 3 is 1.50 bits per heavy atom. The van der Waals surface area contributed by atoms with Crippen molar-refractivity contribution < 1.29 is 9.90 Å². The summed E-state index contributed by atoms with van der Waals surface area (Å²) in [5.41, 5.74) is 0. The smallest absolute Gasteiger partial charge is 0.342 e. The number of rotatable bonds is 3. The zero-order chi connectivity index (χ0) is 11.8. The summed E-state index contributed by atoms with van der Waals surface area (Å²) in [5.74, 6) is -2.20. The maximum Gasteiger partial charge on any atom is 0.342 e. The number of alkyl halides is 7. The molecule has 0 rings (SSSR count). The molecular formula is C5H3Cl7O2. The Bertz CT molecular complexity index is 235. The maximum absolute atomic E-state index is 10.7. The van der Waals surface area contributed by atoms with Crippen LogP contribution >= 0.6 is 81.2 Å². The van der Waals surface area contributed by atoms with Crippen LogP contribution in [0.25, 0.3) is 0 Å². The van der Waals surface area contributed by atoms with E-state index in [1.807, 2.05) is 0 Å². The third kappa shape index (κ3) is 2.60. The first-order chi connectivity index (χ1) is 6.00. The normalized spacial score (nSPS) is 17.6. The number of hydrogen-bond acceptors (Lipinski definition) is 1. The lowest BCUT2D eigenvalue weighted by Gasteiger charge is -2.38. The van der Waals surface area contributed by atoms with Gasteiger partial charge in [-0.2, -0.15) is 0 Å². The molecule has 2 nitrogen and oxygen atoms in total. The summed E-state index contributed by atoms with van der Waals surface area (Å²) >= 11 is 38.4. The highest BCUT2D eigenvalue weighted by Gasteiger charge is 2.64. The number of carboxylic acids is 1. The van der Waals surface area contributed by atoms with E-state index in [4.69, 9.17) is 86.3 Å². The van der Waals surface area contributed by atoms with E-state index in [-0.39, 0.29) is 0 Å². The second-order valence-corrected chi connectivity index (χ2v) is 6.83. The third-order valence-electron chi connectivity index (χ3n) is 1.40. The van der Waals surface area contributed by atoms with E-state index in [1.54, 1.807) is 0 Å². The van der Waals surface area contributed by atoms with E-state index in [0.29, 0.717) is 0 Å². The van der Waals surface area contributed by atoms with Gasteiger partial charge < -0.3 is 5.11 Å². The molecule has 0 radical (unpaired) electrons. The van der Waals surface area contributed by atoms with E-state index >= 15 is 0 Å². The number of carbonyl (C=O) groups is 1. The van der Waals surface area contributed by atoms with Gasteiger partial charge in [-0.05, 0) is 0 Å². The second kappa shape index (κ2) is 4.79. The lowest BCUT2D eigenvalue weighted by molar-refractivity contribution is -0.138. The topological polar surface area (TPSA) is 37.3 Å². The number of halogens is 7. The lowest BCUT2D eigenvalue weighted by atomic mass is 10.1. The number of carboxylic acid groups (broad SMARTS) is 1. The lowest BCUT2D eigenvalue weighted by Crippen LogP contribution is -2.57. The minimum absolute atomic E-state index is 0.551. The Kier molecular flexibility index (Phi) is 5.30. The molecule has 0 bridgehead atoms. The standard InChI is InChI=1S/C5H3Cl7O2/c6-1-3(7,5(10,11)12)4(8,9)2(13)14/h1H2,(H,13,14). The highest BCUT2D eigenvalue weighted by atomic mass is 35.6. The molecule has 0 aromatic rings. The van der Waals surface area contributed by atoms with Crippen LogP contribution in [0.1, 0.15) is 0 Å². The van der Waals surface area contributed by atoms with Crippen LogP contribution in [-0.4, -0.2) is 30.0 Å². The fourth-order valence-corrected chi connectivity index (χ4v) is 2.66. The van der Waals surface area contributed by atoms with Gasteiger partial charge in [-0.25, -0.2) is 4.79 Å². The molecule has 9 heteroatoms. The quantitative estimate of drug-likeness (QED) is 0.791. The molecule has 0 aliphatic carbocycles. The molecule has 0 aromatic heterocycles. The SMILES string of the molecule is O=C(O)C(Cl)(Cl)C(Cl)(CCl)C(Cl)(Cl)Cl. The van der Waals surface area contributed by atoms with Crippen LogP contribution in [0.4, 0.5) is 0 Å². The predicted octanol–water partition coefficient (Wildman–Crippen LogP) is 3.83. The van der Waals surface area contributed by atoms with Crippen molar-refractivity contribution in [2.24, 2.45) is 0 Å². The first-order valence-corrected chi connectivity index (χ1v) is 5.73. The van der Waals surface area contributed by atoms with Crippen LogP contribution in [-0.2, 0) is 4.79 Å². The van der Waals surface area contributed by atoms with Gasteiger partial charge in [0.15, 0.2) is 0 Å². The van der Waals surface area contributed by atoms with Gasteiger partial charge in [-0.3, -0.25) is 0 Å². The Balaban J connectivity index is 5.36. The minimum Gasteiger partial charge on any atom is -0.479 e. The van der Waals surface area contributed by atoms with E-state index in [0.717, 1.165) is 0 Å². The number of aliphatic carboxylic acids is 1. The molecular weight excluding hydrogens is 340 g/mol. The highest BCUT2D eigenvalue weighted by molar-refractivity contribution is 6.75. The van der Waals surface area contributed by atoms with Crippen LogP contribution in [0.15, 0.2) is 0 Å². The fourth-order valence-electron chi connectivity index (χ4n) is 0.507. The van der Waals surface area contributed by atoms with Crippen molar-refractivity contribution >= 4 is 87.2 Å². The van der Waals surface area contributed by atoms with Crippen LogP contribution < -0.4 is 0 Å². The van der Waals surface area contributed by atoms with E-state index in [9.17, 15) is 4.79 Å². The summed E-state index contributed by atoms with van der Waals surface area (Å²) in [6.07, 6.45) is 0. The molecule has 0 aromatic carbocycles. The zero-order valence-electron chi connectivity index (χ0n) is 6.21. The minimum atomic E-state index is -2.51. The first-order valence-electron chi connectivity index (χ1n) is 2.93. The molecule has 0 aliphatic rings. The van der Waals surface area contributed by atoms with Gasteiger partial charge in [0, 0.05) is 5.88 Å². The summed E-state index contributed by atoms with van der Waals surface area (Å²) in [5, 5.41) is 8.69. The van der Waals surface area contributed by atoms with Crippen molar-refractivity contribution in [1.29, 1.82) is 0 Å². The molecule has 0 heterocycles. The first kappa shape index (κ1) is 15.5. The number of hydrogen-bond donors (Lipinski definition) is 1. The summed E-state index contributed by atoms with van der Waals surface area (Å²) in [7, 11) is 0. The summed E-state index contributed by atoms with van der Waals surface area (Å²) in [4.78, 5) is 8.55. The van der Waals surface area contributed by atoms with Crippen molar-refractivity contribution in [3.8, 4) is 0 Å². The molecule has 0 amide bonds. The molecule has 0 aliphatic heterocycles. The van der Waals surface area contributed by atoms with Crippen molar-refractivity contribution in [1.82, 2.24) is 0 Å². The molecule has 0 fully saturated rings. The van der Waals surface area contributed by atoms with Gasteiger partial charge >= 0.3 is 5.97 Å². The van der Waals surface area contributed by atoms with Crippen molar-refractivity contribution in [3.05, 3.63) is 0 Å². The summed E-state index contributed by atoms with van der Waals surface area (Å²) < 4.78 is -4.74. The Labute approximate surface area is 115 Å². The molecule has 1 atom stereocenters. The Hall–Kier alpha value is 1.50. The fraction of sp³-hybridized carbons (Fsp3) is 0.800. The van der Waals surface area contributed by atoms with Gasteiger partial charge in [-0.15, -0.1) is 23.2 Å². The van der Waals surface area contributed by atoms with Crippen molar-refractivity contribution in [2.45, 2.75) is 13.0 Å². The van der Waals surface area contributed by atoms with Crippen molar-refractivity contribution in [2.75, 3.05) is 5.88 Å². The molecule has 0 saturated heterocycles. The maximum atomic E-state index is 10.7. The predicted molar refractivity (Wildman–Crippen MR) is 61.7 cm³/mol. The molecule has 14 heavy (non-hydrogen) atoms. The van der Waals surface area contributed by atoms with Crippen LogP contribution in [0.5, 0.6) is 0 Å². The molecule has 0 saturated carbocycles. The average Bonchev–Trinajstić information content (AvgIpc) is 2.00. The molecule has 84 valence electrons. The van der Waals surface area contributed by atoms with E-state index < -0.39 is 24.8 Å². The van der Waals surface area contributed by atoms with E-state index in [1.165, 1.54) is 0 Å². The van der Waals surface area contributed by atoms with Crippen molar-refractivity contribution in [3.63, 3.8) is 0 Å². The van der Waals surface area contributed by atoms with Gasteiger partial charge in [0.25, 0.3) is 0 Å². The third-order valence-corrected chi connectivity index (χ3v) is 5.06. The summed E-state index contributed by atoms with van der Waals surface area (Å²) in [6.45, 7) is 0. The van der Waals surface area contributed by atoms with Gasteiger partial charge in [0.1, 0.15) is 4.87 Å². The van der Waals surface area contributed by atoms with Gasteiger partial charge in [0.05, 0.1) is 0 Å². The largest absolute Gasteiger partial charge is 0.479 e. The second-order valence-electron chi connectivity index (χ2n) is 2.31. The molecule has 1 unspecified atom stereocenters. The van der Waals surface area contributed by atoms with Gasteiger partial charge in [-0.1, -0.05) is 58.0 Å². The molecule has 1 N–H and O–H groups in total. The zero-order valence-corrected chi connectivity index (χ0v) is 11.5. The van der Waals surface area contributed by atoms with Crippen LogP contribution in [0, 0.1) is 0 Å². The van der Waals surface area contributed by atoms with Crippen LogP contribution in [0.2, 0.25) is 0 Å². The monoisotopic (exact) mass is 340 g/mol. The summed E-state index contributed by atoms with van der Waals surface area (Å²) in [6, 6.07) is 0. The molecule has 0 spiro atoms.